The van der Waals surface area contributed by atoms with Gasteiger partial charge in [-0.25, -0.2) is 14.0 Å². The van der Waals surface area contributed by atoms with Crippen molar-refractivity contribution in [1.29, 1.82) is 0 Å². The molecule has 0 aliphatic heterocycles. The number of urea groups is 1. The van der Waals surface area contributed by atoms with Crippen LogP contribution in [0.5, 0.6) is 0 Å². The van der Waals surface area contributed by atoms with Crippen LogP contribution in [-0.2, 0) is 6.67 Å². The van der Waals surface area contributed by atoms with E-state index in [2.05, 4.69) is 10.6 Å². The second kappa shape index (κ2) is 6.71. The second-order valence-corrected chi connectivity index (χ2v) is 4.72. The first-order valence-electron chi connectivity index (χ1n) is 6.57. The van der Waals surface area contributed by atoms with Crippen molar-refractivity contribution >= 4 is 23.4 Å². The molecular formula is C16H15FN2O3. The molecule has 5 nitrogen and oxygen atoms in total. The molecular weight excluding hydrogens is 287 g/mol. The molecule has 2 rings (SSSR count). The molecule has 2 aromatic carbocycles. The van der Waals surface area contributed by atoms with Crippen LogP contribution in [0.2, 0.25) is 0 Å². The van der Waals surface area contributed by atoms with Gasteiger partial charge in [0.05, 0.1) is 11.3 Å². The standard InChI is InChI=1S/C16H15FN2O3/c1-10-6-7-14(12(8-10)15(20)21)19-16(22)18-13-5-3-2-4-11(13)9-17/h2-8H,9H2,1H3,(H,20,21)(H2,18,19,22). The van der Waals surface area contributed by atoms with Crippen molar-refractivity contribution in [3.8, 4) is 0 Å². The summed E-state index contributed by atoms with van der Waals surface area (Å²) in [4.78, 5) is 23.2. The van der Waals surface area contributed by atoms with Gasteiger partial charge in [-0.05, 0) is 25.1 Å². The average molecular weight is 302 g/mol. The summed E-state index contributed by atoms with van der Waals surface area (Å²) in [6.07, 6.45) is 0. The van der Waals surface area contributed by atoms with Crippen LogP contribution in [0, 0.1) is 6.92 Å². The van der Waals surface area contributed by atoms with E-state index in [-0.39, 0.29) is 11.3 Å². The lowest BCUT2D eigenvalue weighted by atomic mass is 10.1. The molecule has 0 aliphatic rings. The van der Waals surface area contributed by atoms with E-state index in [1.807, 2.05) is 0 Å². The summed E-state index contributed by atoms with van der Waals surface area (Å²) in [5.74, 6) is -1.14. The zero-order chi connectivity index (χ0) is 16.1. The molecule has 0 heterocycles. The molecule has 114 valence electrons. The SMILES string of the molecule is Cc1ccc(NC(=O)Nc2ccccc2CF)c(C(=O)O)c1. The van der Waals surface area contributed by atoms with Gasteiger partial charge in [0.15, 0.2) is 0 Å². The van der Waals surface area contributed by atoms with Crippen LogP contribution in [0.25, 0.3) is 0 Å². The van der Waals surface area contributed by atoms with E-state index >= 15 is 0 Å². The predicted octanol–water partition coefficient (Wildman–Crippen LogP) is 3.81. The number of para-hydroxylation sites is 1. The summed E-state index contributed by atoms with van der Waals surface area (Å²) in [5.41, 5.74) is 1.62. The van der Waals surface area contributed by atoms with E-state index in [4.69, 9.17) is 5.11 Å². The van der Waals surface area contributed by atoms with Crippen molar-refractivity contribution < 1.29 is 19.1 Å². The quantitative estimate of drug-likeness (QED) is 0.803. The van der Waals surface area contributed by atoms with Crippen molar-refractivity contribution in [2.75, 3.05) is 10.6 Å². The molecule has 0 radical (unpaired) electrons. The number of nitrogens with one attached hydrogen (secondary N) is 2. The molecule has 6 heteroatoms. The number of benzene rings is 2. The van der Waals surface area contributed by atoms with Gasteiger partial charge in [-0.1, -0.05) is 29.8 Å². The Balaban J connectivity index is 2.17. The molecule has 0 unspecified atom stereocenters. The minimum Gasteiger partial charge on any atom is -0.478 e. The number of hydrogen-bond donors (Lipinski definition) is 3. The Bertz CT molecular complexity index is 716. The minimum atomic E-state index is -1.14. The maximum atomic E-state index is 12.8. The van der Waals surface area contributed by atoms with Gasteiger partial charge in [-0.2, -0.15) is 0 Å². The number of aromatic carboxylic acids is 1. The van der Waals surface area contributed by atoms with Crippen LogP contribution in [-0.4, -0.2) is 17.1 Å². The third-order valence-electron chi connectivity index (χ3n) is 3.06. The Morgan fingerprint density at radius 2 is 1.77 bits per heavy atom. The van der Waals surface area contributed by atoms with E-state index in [1.54, 1.807) is 37.3 Å². The highest BCUT2D eigenvalue weighted by Gasteiger charge is 2.13. The Kier molecular flexibility index (Phi) is 4.73. The molecule has 3 N–H and O–H groups in total. The number of alkyl halides is 1. The van der Waals surface area contributed by atoms with Crippen LogP contribution in [0.3, 0.4) is 0 Å². The Morgan fingerprint density at radius 1 is 1.09 bits per heavy atom. The number of rotatable bonds is 4. The predicted molar refractivity (Wildman–Crippen MR) is 82.0 cm³/mol. The summed E-state index contributed by atoms with van der Waals surface area (Å²) in [6, 6.07) is 10.5. The molecule has 0 saturated carbocycles. The van der Waals surface area contributed by atoms with Gasteiger partial charge < -0.3 is 15.7 Å². The topological polar surface area (TPSA) is 78.4 Å². The summed E-state index contributed by atoms with van der Waals surface area (Å²) < 4.78 is 12.8. The summed E-state index contributed by atoms with van der Waals surface area (Å²) in [6.45, 7) is 1.05. The highest BCUT2D eigenvalue weighted by atomic mass is 19.1. The molecule has 0 spiro atoms. The fourth-order valence-corrected chi connectivity index (χ4v) is 1.98. The van der Waals surface area contributed by atoms with Crippen molar-refractivity contribution in [1.82, 2.24) is 0 Å². The molecule has 0 aliphatic carbocycles. The maximum absolute atomic E-state index is 12.8. The van der Waals surface area contributed by atoms with Crippen molar-refractivity contribution in [3.63, 3.8) is 0 Å². The largest absolute Gasteiger partial charge is 0.478 e. The van der Waals surface area contributed by atoms with Crippen molar-refractivity contribution in [2.24, 2.45) is 0 Å². The zero-order valence-corrected chi connectivity index (χ0v) is 11.9. The monoisotopic (exact) mass is 302 g/mol. The van der Waals surface area contributed by atoms with E-state index in [0.29, 0.717) is 11.3 Å². The number of anilines is 2. The van der Waals surface area contributed by atoms with Gasteiger partial charge in [-0.15, -0.1) is 0 Å². The van der Waals surface area contributed by atoms with E-state index < -0.39 is 18.7 Å². The summed E-state index contributed by atoms with van der Waals surface area (Å²) in [5, 5.41) is 14.1. The first-order valence-corrected chi connectivity index (χ1v) is 6.57. The van der Waals surface area contributed by atoms with Crippen LogP contribution < -0.4 is 10.6 Å². The van der Waals surface area contributed by atoms with Crippen LogP contribution >= 0.6 is 0 Å². The Morgan fingerprint density at radius 3 is 2.45 bits per heavy atom. The third kappa shape index (κ3) is 3.60. The molecule has 0 aromatic heterocycles. The lowest BCUT2D eigenvalue weighted by molar-refractivity contribution is 0.0698. The van der Waals surface area contributed by atoms with E-state index in [9.17, 15) is 14.0 Å². The van der Waals surface area contributed by atoms with Gasteiger partial charge in [-0.3, -0.25) is 0 Å². The van der Waals surface area contributed by atoms with Crippen molar-refractivity contribution in [2.45, 2.75) is 13.6 Å². The van der Waals surface area contributed by atoms with Gasteiger partial charge >= 0.3 is 12.0 Å². The first-order chi connectivity index (χ1) is 10.5. The smallest absolute Gasteiger partial charge is 0.337 e. The number of carbonyl (C=O) groups is 2. The molecule has 2 amide bonds. The number of amides is 2. The Labute approximate surface area is 126 Å². The molecule has 0 atom stereocenters. The fourth-order valence-electron chi connectivity index (χ4n) is 1.98. The van der Waals surface area contributed by atoms with Crippen molar-refractivity contribution in [3.05, 3.63) is 59.2 Å². The maximum Gasteiger partial charge on any atom is 0.337 e. The molecule has 0 saturated heterocycles. The van der Waals surface area contributed by atoms with Crippen LogP contribution in [0.15, 0.2) is 42.5 Å². The third-order valence-corrected chi connectivity index (χ3v) is 3.06. The molecule has 22 heavy (non-hydrogen) atoms. The number of carbonyl (C=O) groups excluding carboxylic acids is 1. The Hall–Kier alpha value is -2.89. The van der Waals surface area contributed by atoms with Gasteiger partial charge in [0, 0.05) is 11.3 Å². The summed E-state index contributed by atoms with van der Waals surface area (Å²) >= 11 is 0. The minimum absolute atomic E-state index is 0.00562. The van der Waals surface area contributed by atoms with E-state index in [0.717, 1.165) is 5.56 Å². The molecule has 0 bridgehead atoms. The number of aryl methyl sites for hydroxylation is 1. The average Bonchev–Trinajstić information content (AvgIpc) is 2.49. The fraction of sp³-hybridized carbons (Fsp3) is 0.125. The lowest BCUT2D eigenvalue weighted by Crippen LogP contribution is -2.21. The second-order valence-electron chi connectivity index (χ2n) is 4.72. The van der Waals surface area contributed by atoms with Crippen LogP contribution in [0.4, 0.5) is 20.6 Å². The summed E-state index contributed by atoms with van der Waals surface area (Å²) in [7, 11) is 0. The highest BCUT2D eigenvalue weighted by Crippen LogP contribution is 2.19. The number of halogens is 1. The highest BCUT2D eigenvalue weighted by molar-refractivity contribution is 6.04. The molecule has 0 fully saturated rings. The zero-order valence-electron chi connectivity index (χ0n) is 11.9. The molecule has 2 aromatic rings. The lowest BCUT2D eigenvalue weighted by Gasteiger charge is -2.12. The normalized spacial score (nSPS) is 10.1. The van der Waals surface area contributed by atoms with Gasteiger partial charge in [0.2, 0.25) is 0 Å². The number of hydrogen-bond acceptors (Lipinski definition) is 2. The first kappa shape index (κ1) is 15.5. The van der Waals surface area contributed by atoms with E-state index in [1.165, 1.54) is 12.1 Å². The van der Waals surface area contributed by atoms with Gasteiger partial charge in [0.25, 0.3) is 0 Å². The van der Waals surface area contributed by atoms with Gasteiger partial charge in [0.1, 0.15) is 6.67 Å². The van der Waals surface area contributed by atoms with Crippen LogP contribution in [0.1, 0.15) is 21.5 Å². The number of carboxylic acid groups (broad SMARTS) is 1. The number of carboxylic acids is 1.